The Labute approximate surface area is 69.5 Å². The summed E-state index contributed by atoms with van der Waals surface area (Å²) in [4.78, 5) is 10.7. The van der Waals surface area contributed by atoms with E-state index in [1.165, 1.54) is 5.57 Å². The second-order valence-corrected chi connectivity index (χ2v) is 3.54. The molecule has 0 fully saturated rings. The van der Waals surface area contributed by atoms with Gasteiger partial charge in [0.25, 0.3) is 0 Å². The van der Waals surface area contributed by atoms with Gasteiger partial charge in [0.1, 0.15) is 5.78 Å². The number of hydrogen-bond acceptors (Lipinski definition) is 1. The van der Waals surface area contributed by atoms with Crippen molar-refractivity contribution in [2.75, 3.05) is 0 Å². The van der Waals surface area contributed by atoms with Gasteiger partial charge in [-0.3, -0.25) is 0 Å². The van der Waals surface area contributed by atoms with Crippen LogP contribution in [0.4, 0.5) is 0 Å². The molecular weight excluding hydrogens is 136 g/mol. The van der Waals surface area contributed by atoms with Crippen molar-refractivity contribution in [2.24, 2.45) is 11.8 Å². The van der Waals surface area contributed by atoms with Crippen LogP contribution in [0.25, 0.3) is 0 Å². The lowest BCUT2D eigenvalue weighted by Crippen LogP contribution is -2.08. The summed E-state index contributed by atoms with van der Waals surface area (Å²) in [6.45, 7) is 11.9. The highest BCUT2D eigenvalue weighted by molar-refractivity contribution is 5.76. The molecular formula is C10H18O. The Morgan fingerprint density at radius 2 is 1.82 bits per heavy atom. The number of allylic oxidation sites excluding steroid dienone is 1. The number of ketones is 1. The quantitative estimate of drug-likeness (QED) is 0.569. The molecule has 0 saturated carbocycles. The van der Waals surface area contributed by atoms with E-state index in [9.17, 15) is 4.79 Å². The zero-order valence-electron chi connectivity index (χ0n) is 7.98. The number of carbonyl (C=O) groups excluding carboxylic acids is 1. The molecule has 1 unspecified atom stereocenters. The fraction of sp³-hybridized carbons (Fsp3) is 0.700. The topological polar surface area (TPSA) is 17.1 Å². The molecule has 0 aromatic heterocycles. The van der Waals surface area contributed by atoms with E-state index in [-0.39, 0.29) is 5.78 Å². The van der Waals surface area contributed by atoms with Crippen molar-refractivity contribution in [2.45, 2.75) is 34.1 Å². The first-order chi connectivity index (χ1) is 4.95. The van der Waals surface area contributed by atoms with Crippen LogP contribution < -0.4 is 0 Å². The molecule has 0 aromatic carbocycles. The van der Waals surface area contributed by atoms with Crippen LogP contribution in [0.5, 0.6) is 0 Å². The molecule has 0 bridgehead atoms. The maximum absolute atomic E-state index is 10.7. The van der Waals surface area contributed by atoms with E-state index in [1.54, 1.807) is 6.92 Å². The molecule has 0 aliphatic rings. The molecule has 0 rings (SSSR count). The molecule has 0 radical (unpaired) electrons. The van der Waals surface area contributed by atoms with E-state index in [4.69, 9.17) is 0 Å². The van der Waals surface area contributed by atoms with Crippen LogP contribution >= 0.6 is 0 Å². The van der Waals surface area contributed by atoms with Crippen LogP contribution in [0.15, 0.2) is 12.2 Å². The first-order valence-corrected chi connectivity index (χ1v) is 4.13. The maximum Gasteiger partial charge on any atom is 0.130 e. The average Bonchev–Trinajstić information content (AvgIpc) is 1.84. The molecule has 0 aliphatic carbocycles. The summed E-state index contributed by atoms with van der Waals surface area (Å²) >= 11 is 0. The highest BCUT2D eigenvalue weighted by Gasteiger charge is 2.11. The SMILES string of the molecule is C=C(C(C)C)C(C)CC(C)=O. The smallest absolute Gasteiger partial charge is 0.130 e. The van der Waals surface area contributed by atoms with Crippen molar-refractivity contribution in [3.63, 3.8) is 0 Å². The van der Waals surface area contributed by atoms with Gasteiger partial charge < -0.3 is 4.79 Å². The van der Waals surface area contributed by atoms with E-state index in [2.05, 4.69) is 27.4 Å². The second kappa shape index (κ2) is 4.32. The summed E-state index contributed by atoms with van der Waals surface area (Å²) in [5, 5.41) is 0. The summed E-state index contributed by atoms with van der Waals surface area (Å²) in [6.07, 6.45) is 0.636. The van der Waals surface area contributed by atoms with Gasteiger partial charge in [-0.2, -0.15) is 0 Å². The van der Waals surface area contributed by atoms with Crippen LogP contribution in [0.1, 0.15) is 34.1 Å². The highest BCUT2D eigenvalue weighted by Crippen LogP contribution is 2.20. The third kappa shape index (κ3) is 3.97. The van der Waals surface area contributed by atoms with E-state index in [1.807, 2.05) is 0 Å². The fourth-order valence-corrected chi connectivity index (χ4v) is 1.13. The fourth-order valence-electron chi connectivity index (χ4n) is 1.13. The van der Waals surface area contributed by atoms with Gasteiger partial charge in [0.05, 0.1) is 0 Å². The number of Topliss-reactive ketones (excluding diaryl/α,β-unsaturated/α-hetero) is 1. The summed E-state index contributed by atoms with van der Waals surface area (Å²) in [5.41, 5.74) is 1.18. The Balaban J connectivity index is 3.93. The molecule has 1 heteroatoms. The Kier molecular flexibility index (Phi) is 4.09. The largest absolute Gasteiger partial charge is 0.300 e. The number of hydrogen-bond donors (Lipinski definition) is 0. The minimum absolute atomic E-state index is 0.249. The van der Waals surface area contributed by atoms with Crippen LogP contribution in [-0.2, 0) is 4.79 Å². The lowest BCUT2D eigenvalue weighted by atomic mass is 9.89. The molecule has 0 heterocycles. The lowest BCUT2D eigenvalue weighted by Gasteiger charge is -2.16. The average molecular weight is 154 g/mol. The van der Waals surface area contributed by atoms with E-state index in [0.29, 0.717) is 18.3 Å². The molecule has 0 amide bonds. The predicted octanol–water partition coefficient (Wildman–Crippen LogP) is 2.81. The van der Waals surface area contributed by atoms with Crippen molar-refractivity contribution >= 4 is 5.78 Å². The van der Waals surface area contributed by atoms with Crippen LogP contribution in [0.2, 0.25) is 0 Å². The van der Waals surface area contributed by atoms with E-state index in [0.717, 1.165) is 0 Å². The maximum atomic E-state index is 10.7. The molecule has 11 heavy (non-hydrogen) atoms. The minimum atomic E-state index is 0.249. The van der Waals surface area contributed by atoms with Crippen LogP contribution in [-0.4, -0.2) is 5.78 Å². The van der Waals surface area contributed by atoms with Crippen molar-refractivity contribution in [3.05, 3.63) is 12.2 Å². The van der Waals surface area contributed by atoms with Gasteiger partial charge in [0.2, 0.25) is 0 Å². The third-order valence-electron chi connectivity index (χ3n) is 1.97. The van der Waals surface area contributed by atoms with Crippen LogP contribution in [0.3, 0.4) is 0 Å². The van der Waals surface area contributed by atoms with Crippen LogP contribution in [0, 0.1) is 11.8 Å². The van der Waals surface area contributed by atoms with Gasteiger partial charge in [-0.05, 0) is 18.8 Å². The van der Waals surface area contributed by atoms with Crippen molar-refractivity contribution in [1.82, 2.24) is 0 Å². The summed E-state index contributed by atoms with van der Waals surface area (Å²) < 4.78 is 0. The van der Waals surface area contributed by atoms with E-state index >= 15 is 0 Å². The monoisotopic (exact) mass is 154 g/mol. The zero-order valence-corrected chi connectivity index (χ0v) is 7.98. The van der Waals surface area contributed by atoms with Crippen molar-refractivity contribution < 1.29 is 4.79 Å². The Bertz CT molecular complexity index is 156. The van der Waals surface area contributed by atoms with Gasteiger partial charge in [-0.25, -0.2) is 0 Å². The molecule has 0 spiro atoms. The Morgan fingerprint density at radius 1 is 1.36 bits per heavy atom. The first-order valence-electron chi connectivity index (χ1n) is 4.13. The molecule has 0 saturated heterocycles. The van der Waals surface area contributed by atoms with Crippen molar-refractivity contribution in [3.8, 4) is 0 Å². The van der Waals surface area contributed by atoms with Crippen molar-refractivity contribution in [1.29, 1.82) is 0 Å². The standard InChI is InChI=1S/C10H18O/c1-7(2)10(5)8(3)6-9(4)11/h7-8H,5-6H2,1-4H3. The molecule has 1 nitrogen and oxygen atoms in total. The van der Waals surface area contributed by atoms with Gasteiger partial charge in [0.15, 0.2) is 0 Å². The summed E-state index contributed by atoms with van der Waals surface area (Å²) in [5.74, 6) is 1.08. The zero-order chi connectivity index (χ0) is 9.02. The minimum Gasteiger partial charge on any atom is -0.300 e. The molecule has 64 valence electrons. The summed E-state index contributed by atoms with van der Waals surface area (Å²) in [6, 6.07) is 0. The normalized spacial score (nSPS) is 13.2. The molecule has 0 aromatic rings. The first kappa shape index (κ1) is 10.4. The second-order valence-electron chi connectivity index (χ2n) is 3.54. The number of rotatable bonds is 4. The van der Waals surface area contributed by atoms with E-state index < -0.39 is 0 Å². The Hall–Kier alpha value is -0.590. The third-order valence-corrected chi connectivity index (χ3v) is 1.97. The number of carbonyl (C=O) groups is 1. The van der Waals surface area contributed by atoms with Gasteiger partial charge in [-0.15, -0.1) is 0 Å². The lowest BCUT2D eigenvalue weighted by molar-refractivity contribution is -0.117. The predicted molar refractivity (Wildman–Crippen MR) is 48.4 cm³/mol. The molecule has 0 N–H and O–H groups in total. The van der Waals surface area contributed by atoms with Gasteiger partial charge >= 0.3 is 0 Å². The molecule has 1 atom stereocenters. The summed E-state index contributed by atoms with van der Waals surface area (Å²) in [7, 11) is 0. The van der Waals surface area contributed by atoms with Gasteiger partial charge in [0, 0.05) is 6.42 Å². The van der Waals surface area contributed by atoms with Gasteiger partial charge in [-0.1, -0.05) is 32.9 Å². The molecule has 0 aliphatic heterocycles. The highest BCUT2D eigenvalue weighted by atomic mass is 16.1. The Morgan fingerprint density at radius 3 is 2.09 bits per heavy atom.